The Balaban J connectivity index is 1.45. The first kappa shape index (κ1) is 18.2. The van der Waals surface area contributed by atoms with Crippen LogP contribution in [0.25, 0.3) is 0 Å². The molecule has 0 saturated carbocycles. The van der Waals surface area contributed by atoms with E-state index in [1.54, 1.807) is 30.3 Å². The fourth-order valence-corrected chi connectivity index (χ4v) is 3.24. The average Bonchev–Trinajstić information content (AvgIpc) is 2.72. The van der Waals surface area contributed by atoms with Gasteiger partial charge in [0.05, 0.1) is 5.69 Å². The van der Waals surface area contributed by atoms with E-state index in [0.717, 1.165) is 5.56 Å². The maximum atomic E-state index is 14.0. The summed E-state index contributed by atoms with van der Waals surface area (Å²) in [5.41, 5.74) is 1.51. The molecule has 144 valence electrons. The van der Waals surface area contributed by atoms with Gasteiger partial charge in [0.15, 0.2) is 11.6 Å². The summed E-state index contributed by atoms with van der Waals surface area (Å²) in [6.07, 6.45) is 1.40. The summed E-state index contributed by atoms with van der Waals surface area (Å²) in [4.78, 5) is 12.5. The van der Waals surface area contributed by atoms with Crippen LogP contribution in [0.15, 0.2) is 54.9 Å². The van der Waals surface area contributed by atoms with Crippen LogP contribution in [0.4, 0.5) is 20.3 Å². The Morgan fingerprint density at radius 3 is 2.39 bits per heavy atom. The van der Waals surface area contributed by atoms with Gasteiger partial charge < -0.3 is 14.5 Å². The van der Waals surface area contributed by atoms with Gasteiger partial charge in [0, 0.05) is 32.2 Å². The number of benzene rings is 2. The van der Waals surface area contributed by atoms with Gasteiger partial charge in [-0.3, -0.25) is 0 Å². The Hall–Kier alpha value is -3.22. The lowest BCUT2D eigenvalue weighted by molar-refractivity contribution is 0.426. The van der Waals surface area contributed by atoms with Crippen molar-refractivity contribution in [2.45, 2.75) is 6.92 Å². The first-order valence-electron chi connectivity index (χ1n) is 9.10. The van der Waals surface area contributed by atoms with Gasteiger partial charge in [-0.1, -0.05) is 18.2 Å². The van der Waals surface area contributed by atoms with Gasteiger partial charge in [-0.2, -0.15) is 0 Å². The van der Waals surface area contributed by atoms with Gasteiger partial charge in [-0.15, -0.1) is 0 Å². The van der Waals surface area contributed by atoms with E-state index >= 15 is 0 Å². The molecule has 1 fully saturated rings. The summed E-state index contributed by atoms with van der Waals surface area (Å²) in [6, 6.07) is 13.2. The number of aryl methyl sites for hydroxylation is 1. The maximum absolute atomic E-state index is 14.0. The number of halogens is 2. The minimum absolute atomic E-state index is 0.133. The minimum atomic E-state index is -0.440. The van der Waals surface area contributed by atoms with Crippen LogP contribution in [0.1, 0.15) is 5.56 Å². The van der Waals surface area contributed by atoms with E-state index in [9.17, 15) is 8.78 Å². The second-order valence-corrected chi connectivity index (χ2v) is 6.68. The zero-order valence-electron chi connectivity index (χ0n) is 15.5. The quantitative estimate of drug-likeness (QED) is 0.677. The normalized spacial score (nSPS) is 14.2. The smallest absolute Gasteiger partial charge is 0.224 e. The standard InChI is InChI=1S/C21H20F2N4O/c1-15-6-7-17(23)19(12-15)28-21-13-20(24-14-25-21)27-10-8-26(9-11-27)18-5-3-2-4-16(18)22/h2-7,12-14H,8-11H2,1H3. The number of para-hydroxylation sites is 1. The van der Waals surface area contributed by atoms with Crippen LogP contribution in [0.3, 0.4) is 0 Å². The average molecular weight is 382 g/mol. The van der Waals surface area contributed by atoms with E-state index in [1.165, 1.54) is 18.5 Å². The molecule has 7 heteroatoms. The predicted octanol–water partition coefficient (Wildman–Crippen LogP) is 4.18. The maximum Gasteiger partial charge on any atom is 0.224 e. The molecule has 0 spiro atoms. The topological polar surface area (TPSA) is 41.5 Å². The van der Waals surface area contributed by atoms with Crippen LogP contribution in [0, 0.1) is 18.6 Å². The number of rotatable bonds is 4. The van der Waals surface area contributed by atoms with Crippen molar-refractivity contribution in [3.63, 3.8) is 0 Å². The third kappa shape index (κ3) is 3.88. The Labute approximate surface area is 162 Å². The first-order valence-corrected chi connectivity index (χ1v) is 9.10. The van der Waals surface area contributed by atoms with Crippen LogP contribution >= 0.6 is 0 Å². The van der Waals surface area contributed by atoms with Crippen molar-refractivity contribution in [3.05, 3.63) is 72.1 Å². The number of piperazine rings is 1. The Morgan fingerprint density at radius 1 is 0.857 bits per heavy atom. The fraction of sp³-hybridized carbons (Fsp3) is 0.238. The van der Waals surface area contributed by atoms with Crippen molar-refractivity contribution in [1.82, 2.24) is 9.97 Å². The Bertz CT molecular complexity index is 974. The molecule has 0 radical (unpaired) electrons. The van der Waals surface area contributed by atoms with Gasteiger partial charge in [-0.05, 0) is 36.8 Å². The molecule has 28 heavy (non-hydrogen) atoms. The third-order valence-corrected chi connectivity index (χ3v) is 4.73. The van der Waals surface area contributed by atoms with Crippen LogP contribution in [0.5, 0.6) is 11.6 Å². The third-order valence-electron chi connectivity index (χ3n) is 4.73. The highest BCUT2D eigenvalue weighted by Crippen LogP contribution is 2.27. The van der Waals surface area contributed by atoms with Gasteiger partial charge in [-0.25, -0.2) is 18.7 Å². The lowest BCUT2D eigenvalue weighted by atomic mass is 10.2. The SMILES string of the molecule is Cc1ccc(F)c(Oc2cc(N3CCN(c4ccccc4F)CC3)ncn2)c1. The van der Waals surface area contributed by atoms with Crippen molar-refractivity contribution in [2.24, 2.45) is 0 Å². The van der Waals surface area contributed by atoms with E-state index in [4.69, 9.17) is 4.74 Å². The summed E-state index contributed by atoms with van der Waals surface area (Å²) < 4.78 is 33.5. The van der Waals surface area contributed by atoms with Crippen molar-refractivity contribution in [1.29, 1.82) is 0 Å². The fourth-order valence-electron chi connectivity index (χ4n) is 3.24. The molecule has 2 aromatic carbocycles. The summed E-state index contributed by atoms with van der Waals surface area (Å²) in [5, 5.41) is 0. The lowest BCUT2D eigenvalue weighted by Gasteiger charge is -2.36. The highest BCUT2D eigenvalue weighted by Gasteiger charge is 2.21. The Morgan fingerprint density at radius 2 is 1.61 bits per heavy atom. The summed E-state index contributed by atoms with van der Waals surface area (Å²) in [7, 11) is 0. The molecule has 0 amide bonds. The predicted molar refractivity (Wildman–Crippen MR) is 104 cm³/mol. The Kier molecular flexibility index (Phi) is 5.06. The summed E-state index contributed by atoms with van der Waals surface area (Å²) in [6.45, 7) is 4.58. The number of anilines is 2. The monoisotopic (exact) mass is 382 g/mol. The van der Waals surface area contributed by atoms with E-state index in [1.807, 2.05) is 17.9 Å². The largest absolute Gasteiger partial charge is 0.436 e. The van der Waals surface area contributed by atoms with E-state index < -0.39 is 5.82 Å². The molecule has 0 N–H and O–H groups in total. The van der Waals surface area contributed by atoms with Crippen molar-refractivity contribution < 1.29 is 13.5 Å². The molecule has 0 aliphatic carbocycles. The number of hydrogen-bond acceptors (Lipinski definition) is 5. The molecular formula is C21H20F2N4O. The number of ether oxygens (including phenoxy) is 1. The van der Waals surface area contributed by atoms with E-state index in [0.29, 0.717) is 37.7 Å². The van der Waals surface area contributed by atoms with Crippen LogP contribution < -0.4 is 14.5 Å². The van der Waals surface area contributed by atoms with Crippen molar-refractivity contribution in [2.75, 3.05) is 36.0 Å². The highest BCUT2D eigenvalue weighted by molar-refractivity contribution is 5.51. The zero-order valence-corrected chi connectivity index (χ0v) is 15.5. The van der Waals surface area contributed by atoms with Crippen LogP contribution in [0.2, 0.25) is 0 Å². The molecule has 5 nitrogen and oxygen atoms in total. The van der Waals surface area contributed by atoms with Crippen molar-refractivity contribution >= 4 is 11.5 Å². The highest BCUT2D eigenvalue weighted by atomic mass is 19.1. The molecule has 4 rings (SSSR count). The molecule has 2 heterocycles. The second kappa shape index (κ2) is 7.80. The lowest BCUT2D eigenvalue weighted by Crippen LogP contribution is -2.47. The van der Waals surface area contributed by atoms with Gasteiger partial charge >= 0.3 is 0 Å². The zero-order chi connectivity index (χ0) is 19.5. The van der Waals surface area contributed by atoms with Crippen molar-refractivity contribution in [3.8, 4) is 11.6 Å². The molecule has 1 aliphatic heterocycles. The second-order valence-electron chi connectivity index (χ2n) is 6.68. The van der Waals surface area contributed by atoms with Crippen LogP contribution in [-0.2, 0) is 0 Å². The molecule has 1 aliphatic rings. The first-order chi connectivity index (χ1) is 13.6. The van der Waals surface area contributed by atoms with Gasteiger partial charge in [0.25, 0.3) is 0 Å². The van der Waals surface area contributed by atoms with Gasteiger partial charge in [0.2, 0.25) is 5.88 Å². The summed E-state index contributed by atoms with van der Waals surface area (Å²) >= 11 is 0. The molecule has 0 bridgehead atoms. The molecule has 1 aromatic heterocycles. The van der Waals surface area contributed by atoms with E-state index in [-0.39, 0.29) is 17.4 Å². The summed E-state index contributed by atoms with van der Waals surface area (Å²) in [5.74, 6) is 0.462. The molecule has 3 aromatic rings. The number of nitrogens with zero attached hydrogens (tertiary/aromatic N) is 4. The molecule has 0 unspecified atom stereocenters. The minimum Gasteiger partial charge on any atom is -0.436 e. The number of hydrogen-bond donors (Lipinski definition) is 0. The molecule has 0 atom stereocenters. The van der Waals surface area contributed by atoms with E-state index in [2.05, 4.69) is 14.9 Å². The number of aromatic nitrogens is 2. The van der Waals surface area contributed by atoms with Crippen LogP contribution in [-0.4, -0.2) is 36.1 Å². The van der Waals surface area contributed by atoms with Gasteiger partial charge in [0.1, 0.15) is 18.0 Å². The molecular weight excluding hydrogens is 362 g/mol. The molecule has 1 saturated heterocycles.